The van der Waals surface area contributed by atoms with Crippen LogP contribution in [0.25, 0.3) is 0 Å². The third-order valence-corrected chi connectivity index (χ3v) is 5.87. The molecular weight excluding hydrogens is 360 g/mol. The van der Waals surface area contributed by atoms with E-state index in [9.17, 15) is 9.59 Å². The average molecular weight is 383 g/mol. The standard InChI is InChI=1S/C22H23ClN2O2/c23-13-20(26)25-21-17-10-4-2-7-15(17)12-19(21)24-22(27)18-11-5-8-14-6-1-3-9-16(14)18/h2,4-5,7-8,10-11,19,21H,1,3,6,9,12-13H2,(H,24,27)(H,25,26)/t19-,21-/m1/s1. The number of rotatable bonds is 4. The number of nitrogens with one attached hydrogen (secondary N) is 2. The van der Waals surface area contributed by atoms with Gasteiger partial charge in [-0.05, 0) is 60.4 Å². The van der Waals surface area contributed by atoms with Gasteiger partial charge in [0.25, 0.3) is 5.91 Å². The Balaban J connectivity index is 1.58. The topological polar surface area (TPSA) is 58.2 Å². The fourth-order valence-electron chi connectivity index (χ4n) is 4.36. The molecule has 0 heterocycles. The van der Waals surface area contributed by atoms with Crippen LogP contribution in [0.2, 0.25) is 0 Å². The molecule has 4 nitrogen and oxygen atoms in total. The van der Waals surface area contributed by atoms with Crippen molar-refractivity contribution in [2.24, 2.45) is 0 Å². The highest BCUT2D eigenvalue weighted by atomic mass is 35.5. The molecule has 0 radical (unpaired) electrons. The number of hydrogen-bond donors (Lipinski definition) is 2. The van der Waals surface area contributed by atoms with Crippen molar-refractivity contribution in [3.63, 3.8) is 0 Å². The Morgan fingerprint density at radius 1 is 0.963 bits per heavy atom. The zero-order valence-electron chi connectivity index (χ0n) is 15.1. The van der Waals surface area contributed by atoms with Gasteiger partial charge >= 0.3 is 0 Å². The average Bonchev–Trinajstić information content (AvgIpc) is 3.04. The molecule has 0 aliphatic heterocycles. The predicted octanol–water partition coefficient (Wildman–Crippen LogP) is 3.32. The van der Waals surface area contributed by atoms with Crippen molar-refractivity contribution in [1.29, 1.82) is 0 Å². The summed E-state index contributed by atoms with van der Waals surface area (Å²) < 4.78 is 0. The normalized spacial score (nSPS) is 20.5. The number of aryl methyl sites for hydroxylation is 1. The quantitative estimate of drug-likeness (QED) is 0.797. The fraction of sp³-hybridized carbons (Fsp3) is 0.364. The van der Waals surface area contributed by atoms with Crippen LogP contribution in [0.1, 0.15) is 51.5 Å². The molecule has 0 saturated carbocycles. The van der Waals surface area contributed by atoms with Crippen molar-refractivity contribution < 1.29 is 9.59 Å². The van der Waals surface area contributed by atoms with Gasteiger partial charge in [-0.25, -0.2) is 0 Å². The van der Waals surface area contributed by atoms with E-state index in [4.69, 9.17) is 11.6 Å². The van der Waals surface area contributed by atoms with Gasteiger partial charge in [-0.1, -0.05) is 36.4 Å². The number of hydrogen-bond acceptors (Lipinski definition) is 2. The molecule has 2 aliphatic carbocycles. The maximum Gasteiger partial charge on any atom is 0.251 e. The molecule has 2 aromatic carbocycles. The minimum Gasteiger partial charge on any atom is -0.347 e. The second kappa shape index (κ2) is 7.73. The summed E-state index contributed by atoms with van der Waals surface area (Å²) in [7, 11) is 0. The Morgan fingerprint density at radius 2 is 1.74 bits per heavy atom. The van der Waals surface area contributed by atoms with Gasteiger partial charge in [0.15, 0.2) is 0 Å². The molecule has 0 saturated heterocycles. The van der Waals surface area contributed by atoms with Gasteiger partial charge in [0, 0.05) is 5.56 Å². The van der Waals surface area contributed by atoms with E-state index in [-0.39, 0.29) is 29.8 Å². The molecule has 2 aliphatic rings. The molecule has 0 fully saturated rings. The minimum absolute atomic E-state index is 0.0586. The van der Waals surface area contributed by atoms with E-state index < -0.39 is 0 Å². The van der Waals surface area contributed by atoms with Crippen LogP contribution < -0.4 is 10.6 Å². The van der Waals surface area contributed by atoms with Gasteiger partial charge in [-0.2, -0.15) is 0 Å². The molecule has 2 atom stereocenters. The van der Waals surface area contributed by atoms with Gasteiger partial charge in [0.2, 0.25) is 5.91 Å². The molecular formula is C22H23ClN2O2. The highest BCUT2D eigenvalue weighted by Crippen LogP contribution is 2.32. The highest BCUT2D eigenvalue weighted by molar-refractivity contribution is 6.27. The molecule has 0 aromatic heterocycles. The summed E-state index contributed by atoms with van der Waals surface area (Å²) in [6.45, 7) is 0. The number of amides is 2. The van der Waals surface area contributed by atoms with E-state index in [1.54, 1.807) is 0 Å². The molecule has 2 aromatic rings. The lowest BCUT2D eigenvalue weighted by atomic mass is 9.88. The lowest BCUT2D eigenvalue weighted by Gasteiger charge is -2.24. The summed E-state index contributed by atoms with van der Waals surface area (Å²) in [6.07, 6.45) is 5.00. The number of carbonyl (C=O) groups excluding carboxylic acids is 2. The SMILES string of the molecule is O=C(CCl)N[C@@H]1c2ccccc2C[C@H]1NC(=O)c1cccc2c1CCCC2. The highest BCUT2D eigenvalue weighted by Gasteiger charge is 2.34. The first kappa shape index (κ1) is 18.1. The van der Waals surface area contributed by atoms with Crippen LogP contribution in [0.4, 0.5) is 0 Å². The number of alkyl halides is 1. The van der Waals surface area contributed by atoms with E-state index in [1.807, 2.05) is 36.4 Å². The summed E-state index contributed by atoms with van der Waals surface area (Å²) in [6, 6.07) is 13.6. The number of halogens is 1. The van der Waals surface area contributed by atoms with Crippen LogP contribution >= 0.6 is 11.6 Å². The summed E-state index contributed by atoms with van der Waals surface area (Å²) >= 11 is 5.69. The Morgan fingerprint density at radius 3 is 2.59 bits per heavy atom. The predicted molar refractivity (Wildman–Crippen MR) is 106 cm³/mol. The molecule has 4 rings (SSSR count). The van der Waals surface area contributed by atoms with E-state index in [2.05, 4.69) is 16.7 Å². The molecule has 0 bridgehead atoms. The van der Waals surface area contributed by atoms with Crippen LogP contribution in [0.15, 0.2) is 42.5 Å². The Bertz CT molecular complexity index is 880. The maximum absolute atomic E-state index is 13.1. The van der Waals surface area contributed by atoms with Crippen LogP contribution in [0, 0.1) is 0 Å². The monoisotopic (exact) mass is 382 g/mol. The molecule has 5 heteroatoms. The van der Waals surface area contributed by atoms with Crippen LogP contribution in [0.3, 0.4) is 0 Å². The van der Waals surface area contributed by atoms with Crippen LogP contribution in [-0.4, -0.2) is 23.7 Å². The van der Waals surface area contributed by atoms with E-state index >= 15 is 0 Å². The minimum atomic E-state index is -0.254. The van der Waals surface area contributed by atoms with Gasteiger partial charge in [0.1, 0.15) is 5.88 Å². The first-order valence-corrected chi connectivity index (χ1v) is 10.1. The van der Waals surface area contributed by atoms with E-state index in [1.165, 1.54) is 17.5 Å². The number of carbonyl (C=O) groups is 2. The zero-order valence-corrected chi connectivity index (χ0v) is 15.9. The van der Waals surface area contributed by atoms with E-state index in [0.29, 0.717) is 6.42 Å². The third-order valence-electron chi connectivity index (χ3n) is 5.63. The van der Waals surface area contributed by atoms with Gasteiger partial charge in [-0.3, -0.25) is 9.59 Å². The Hall–Kier alpha value is -2.33. The van der Waals surface area contributed by atoms with Crippen LogP contribution in [-0.2, 0) is 24.1 Å². The fourth-order valence-corrected chi connectivity index (χ4v) is 4.44. The molecule has 140 valence electrons. The van der Waals surface area contributed by atoms with Crippen molar-refractivity contribution in [2.75, 3.05) is 5.88 Å². The van der Waals surface area contributed by atoms with Crippen LogP contribution in [0.5, 0.6) is 0 Å². The van der Waals surface area contributed by atoms with Gasteiger partial charge in [-0.15, -0.1) is 11.6 Å². The van der Waals surface area contributed by atoms with Crippen molar-refractivity contribution in [2.45, 2.75) is 44.2 Å². The van der Waals surface area contributed by atoms with Crippen molar-refractivity contribution in [3.8, 4) is 0 Å². The number of benzene rings is 2. The first-order chi connectivity index (χ1) is 13.2. The summed E-state index contributed by atoms with van der Waals surface area (Å²) in [4.78, 5) is 25.0. The first-order valence-electron chi connectivity index (χ1n) is 9.52. The molecule has 27 heavy (non-hydrogen) atoms. The molecule has 2 N–H and O–H groups in total. The van der Waals surface area contributed by atoms with Gasteiger partial charge in [0.05, 0.1) is 12.1 Å². The van der Waals surface area contributed by atoms with Gasteiger partial charge < -0.3 is 10.6 Å². The van der Waals surface area contributed by atoms with Crippen molar-refractivity contribution in [3.05, 3.63) is 70.3 Å². The van der Waals surface area contributed by atoms with E-state index in [0.717, 1.165) is 36.0 Å². The lowest BCUT2D eigenvalue weighted by molar-refractivity contribution is -0.119. The molecule has 0 spiro atoms. The second-order valence-electron chi connectivity index (χ2n) is 7.31. The largest absolute Gasteiger partial charge is 0.347 e. The summed E-state index contributed by atoms with van der Waals surface area (Å²) in [5, 5.41) is 6.14. The zero-order chi connectivity index (χ0) is 18.8. The Kier molecular flexibility index (Phi) is 5.17. The Labute approximate surface area is 164 Å². The molecule has 2 amide bonds. The maximum atomic E-state index is 13.1. The van der Waals surface area contributed by atoms with Crippen molar-refractivity contribution >= 4 is 23.4 Å². The summed E-state index contributed by atoms with van der Waals surface area (Å²) in [5.74, 6) is -0.377. The molecule has 0 unspecified atom stereocenters. The third kappa shape index (κ3) is 3.59. The smallest absolute Gasteiger partial charge is 0.251 e. The number of fused-ring (bicyclic) bond motifs is 2. The van der Waals surface area contributed by atoms with Crippen molar-refractivity contribution in [1.82, 2.24) is 10.6 Å². The second-order valence-corrected chi connectivity index (χ2v) is 7.58. The summed E-state index contributed by atoms with van der Waals surface area (Å²) in [5.41, 5.74) is 5.44. The lowest BCUT2D eigenvalue weighted by Crippen LogP contribution is -2.45.